The highest BCUT2D eigenvalue weighted by atomic mass is 32.2. The first-order valence-corrected chi connectivity index (χ1v) is 11.6. The summed E-state index contributed by atoms with van der Waals surface area (Å²) >= 11 is 1.71. The summed E-state index contributed by atoms with van der Waals surface area (Å²) in [5.41, 5.74) is 5.17. The lowest BCUT2D eigenvalue weighted by Crippen LogP contribution is -2.30. The Morgan fingerprint density at radius 1 is 1.06 bits per heavy atom. The van der Waals surface area contributed by atoms with Crippen LogP contribution in [-0.2, 0) is 14.4 Å². The third kappa shape index (κ3) is 9.58. The summed E-state index contributed by atoms with van der Waals surface area (Å²) in [6.45, 7) is 2.24. The largest absolute Gasteiger partial charge is 0.388 e. The highest BCUT2D eigenvalue weighted by Crippen LogP contribution is 2.20. The maximum Gasteiger partial charge on any atom is 0.243 e. The molecule has 2 rings (SSSR count). The summed E-state index contributed by atoms with van der Waals surface area (Å²) in [6.07, 6.45) is 3.69. The van der Waals surface area contributed by atoms with Crippen LogP contribution in [0.15, 0.2) is 53.4 Å². The second-order valence-electron chi connectivity index (χ2n) is 7.27. The van der Waals surface area contributed by atoms with Gasteiger partial charge in [-0.3, -0.25) is 9.63 Å². The first-order valence-electron chi connectivity index (χ1n) is 10.4. The van der Waals surface area contributed by atoms with E-state index in [-0.39, 0.29) is 12.0 Å². The molecule has 0 heterocycles. The SMILES string of the molecule is COC[C@@H](C)ONC(=O)CCCC[C@@H](O)c1ccc(C#Cc2ccc(SC)cc2)cc1. The second-order valence-corrected chi connectivity index (χ2v) is 8.15. The van der Waals surface area contributed by atoms with Gasteiger partial charge in [0.25, 0.3) is 0 Å². The molecule has 0 aromatic heterocycles. The number of aliphatic hydroxyl groups excluding tert-OH is 1. The molecule has 31 heavy (non-hydrogen) atoms. The highest BCUT2D eigenvalue weighted by Gasteiger charge is 2.09. The van der Waals surface area contributed by atoms with Gasteiger partial charge in [0, 0.05) is 29.6 Å². The lowest BCUT2D eigenvalue weighted by atomic mass is 10.0. The van der Waals surface area contributed by atoms with Crippen molar-refractivity contribution in [2.45, 2.75) is 49.7 Å². The molecule has 0 aliphatic heterocycles. The molecule has 2 N–H and O–H groups in total. The number of amides is 1. The molecular formula is C25H31NO4S. The number of rotatable bonds is 11. The lowest BCUT2D eigenvalue weighted by Gasteiger charge is -2.13. The zero-order chi connectivity index (χ0) is 22.5. The summed E-state index contributed by atoms with van der Waals surface area (Å²) in [6, 6.07) is 15.8. The van der Waals surface area contributed by atoms with Crippen LogP contribution in [-0.4, -0.2) is 37.1 Å². The minimum atomic E-state index is -0.554. The van der Waals surface area contributed by atoms with E-state index in [0.717, 1.165) is 23.1 Å². The standard InChI is InChI=1S/C25H31NO4S/c1-19(18-29-2)30-26-25(28)7-5-4-6-24(27)22-14-10-20(11-15-22)8-9-21-12-16-23(31-3)17-13-21/h10-17,19,24,27H,4-7,18H2,1-3H3,(H,26,28)/t19-,24-/m1/s1. The van der Waals surface area contributed by atoms with Crippen LogP contribution in [0.4, 0.5) is 0 Å². The fourth-order valence-electron chi connectivity index (χ4n) is 2.88. The minimum absolute atomic E-state index is 0.163. The molecule has 0 saturated carbocycles. The second kappa shape index (κ2) is 13.9. The van der Waals surface area contributed by atoms with Gasteiger partial charge in [0.2, 0.25) is 5.91 Å². The van der Waals surface area contributed by atoms with Crippen molar-refractivity contribution in [2.75, 3.05) is 20.0 Å². The number of hydrogen-bond acceptors (Lipinski definition) is 5. The molecule has 6 heteroatoms. The van der Waals surface area contributed by atoms with E-state index in [4.69, 9.17) is 9.57 Å². The monoisotopic (exact) mass is 441 g/mol. The summed E-state index contributed by atoms with van der Waals surface area (Å²) in [5, 5.41) is 10.4. The zero-order valence-corrected chi connectivity index (χ0v) is 19.2. The van der Waals surface area contributed by atoms with E-state index in [9.17, 15) is 9.90 Å². The van der Waals surface area contributed by atoms with Crippen LogP contribution in [0.25, 0.3) is 0 Å². The van der Waals surface area contributed by atoms with Gasteiger partial charge in [-0.2, -0.15) is 0 Å². The first-order chi connectivity index (χ1) is 15.0. The average Bonchev–Trinajstić information content (AvgIpc) is 2.80. The van der Waals surface area contributed by atoms with Gasteiger partial charge in [-0.05, 0) is 68.0 Å². The lowest BCUT2D eigenvalue weighted by molar-refractivity contribution is -0.140. The van der Waals surface area contributed by atoms with Crippen molar-refractivity contribution in [1.82, 2.24) is 5.48 Å². The molecule has 0 aliphatic rings. The Kier molecular flexibility index (Phi) is 11.2. The number of unbranched alkanes of at least 4 members (excludes halogenated alkanes) is 1. The van der Waals surface area contributed by atoms with Crippen molar-refractivity contribution >= 4 is 17.7 Å². The van der Waals surface area contributed by atoms with Crippen LogP contribution in [0.2, 0.25) is 0 Å². The number of nitrogens with one attached hydrogen (secondary N) is 1. The zero-order valence-electron chi connectivity index (χ0n) is 18.4. The van der Waals surface area contributed by atoms with Crippen LogP contribution in [0.3, 0.4) is 0 Å². The molecule has 166 valence electrons. The Bertz CT molecular complexity index is 856. The Morgan fingerprint density at radius 3 is 2.26 bits per heavy atom. The number of aliphatic hydroxyl groups is 1. The maximum atomic E-state index is 11.7. The van der Waals surface area contributed by atoms with Gasteiger partial charge >= 0.3 is 0 Å². The Labute approximate surface area is 189 Å². The van der Waals surface area contributed by atoms with Gasteiger partial charge in [-0.25, -0.2) is 5.48 Å². The molecule has 0 saturated heterocycles. The average molecular weight is 442 g/mol. The third-order valence-electron chi connectivity index (χ3n) is 4.64. The topological polar surface area (TPSA) is 67.8 Å². The third-order valence-corrected chi connectivity index (χ3v) is 5.39. The summed E-state index contributed by atoms with van der Waals surface area (Å²) in [5.74, 6) is 6.15. The van der Waals surface area contributed by atoms with E-state index in [1.165, 1.54) is 4.90 Å². The summed E-state index contributed by atoms with van der Waals surface area (Å²) in [4.78, 5) is 18.1. The van der Waals surface area contributed by atoms with Crippen molar-refractivity contribution in [3.63, 3.8) is 0 Å². The van der Waals surface area contributed by atoms with Crippen LogP contribution in [0.5, 0.6) is 0 Å². The molecule has 2 aromatic rings. The van der Waals surface area contributed by atoms with Gasteiger partial charge in [0.05, 0.1) is 12.7 Å². The summed E-state index contributed by atoms with van der Waals surface area (Å²) in [7, 11) is 1.58. The fraction of sp³-hybridized carbons (Fsp3) is 0.400. The van der Waals surface area contributed by atoms with Crippen LogP contribution in [0, 0.1) is 11.8 Å². The number of ether oxygens (including phenoxy) is 1. The molecular weight excluding hydrogens is 410 g/mol. The normalized spacial score (nSPS) is 12.5. The van der Waals surface area contributed by atoms with Crippen LogP contribution in [0.1, 0.15) is 55.4 Å². The van der Waals surface area contributed by atoms with Crippen LogP contribution < -0.4 is 5.48 Å². The molecule has 0 fully saturated rings. The van der Waals surface area contributed by atoms with E-state index in [1.54, 1.807) is 18.9 Å². The van der Waals surface area contributed by atoms with E-state index in [1.807, 2.05) is 43.3 Å². The molecule has 0 aliphatic carbocycles. The number of methoxy groups -OCH3 is 1. The number of hydroxylamine groups is 1. The van der Waals surface area contributed by atoms with Crippen molar-refractivity contribution in [3.8, 4) is 11.8 Å². The molecule has 0 radical (unpaired) electrons. The number of benzene rings is 2. The fourth-order valence-corrected chi connectivity index (χ4v) is 3.29. The number of carbonyl (C=O) groups excluding carboxylic acids is 1. The minimum Gasteiger partial charge on any atom is -0.388 e. The molecule has 1 amide bonds. The molecule has 2 atom stereocenters. The predicted octanol–water partition coefficient (Wildman–Crippen LogP) is 4.48. The van der Waals surface area contributed by atoms with E-state index >= 15 is 0 Å². The van der Waals surface area contributed by atoms with Gasteiger partial charge in [0.1, 0.15) is 6.10 Å². The van der Waals surface area contributed by atoms with Crippen molar-refractivity contribution in [3.05, 3.63) is 65.2 Å². The molecule has 0 unspecified atom stereocenters. The van der Waals surface area contributed by atoms with Gasteiger partial charge in [-0.1, -0.05) is 30.4 Å². The molecule has 0 spiro atoms. The van der Waals surface area contributed by atoms with Crippen molar-refractivity contribution in [1.29, 1.82) is 0 Å². The van der Waals surface area contributed by atoms with Gasteiger partial charge in [-0.15, -0.1) is 11.8 Å². The predicted molar refractivity (Wildman–Crippen MR) is 125 cm³/mol. The van der Waals surface area contributed by atoms with E-state index in [2.05, 4.69) is 35.7 Å². The number of hydrogen-bond donors (Lipinski definition) is 2. The van der Waals surface area contributed by atoms with E-state index < -0.39 is 6.10 Å². The summed E-state index contributed by atoms with van der Waals surface area (Å²) < 4.78 is 4.94. The van der Waals surface area contributed by atoms with Gasteiger partial charge in [0.15, 0.2) is 0 Å². The maximum absolute atomic E-state index is 11.7. The Morgan fingerprint density at radius 2 is 1.68 bits per heavy atom. The molecule has 5 nitrogen and oxygen atoms in total. The van der Waals surface area contributed by atoms with Crippen LogP contribution >= 0.6 is 11.8 Å². The smallest absolute Gasteiger partial charge is 0.243 e. The quantitative estimate of drug-likeness (QED) is 0.233. The molecule has 2 aromatic carbocycles. The van der Waals surface area contributed by atoms with Crippen molar-refractivity contribution in [2.24, 2.45) is 0 Å². The molecule has 0 bridgehead atoms. The number of thioether (sulfide) groups is 1. The Hall–Kier alpha value is -2.30. The van der Waals surface area contributed by atoms with Gasteiger partial charge < -0.3 is 9.84 Å². The van der Waals surface area contributed by atoms with Crippen molar-refractivity contribution < 1.29 is 19.5 Å². The van der Waals surface area contributed by atoms with E-state index in [0.29, 0.717) is 25.9 Å². The highest BCUT2D eigenvalue weighted by molar-refractivity contribution is 7.98. The number of carbonyl (C=O) groups is 1. The Balaban J connectivity index is 1.72. The first kappa shape index (κ1) is 25.0.